The van der Waals surface area contributed by atoms with Crippen LogP contribution in [-0.2, 0) is 0 Å². The van der Waals surface area contributed by atoms with E-state index in [1.54, 1.807) is 7.05 Å². The Labute approximate surface area is 132 Å². The largest absolute Gasteiger partial charge is 0.361 e. The first-order valence-corrected chi connectivity index (χ1v) is 6.47. The fourth-order valence-corrected chi connectivity index (χ4v) is 2.01. The molecule has 0 bridgehead atoms. The van der Waals surface area contributed by atoms with Crippen molar-refractivity contribution < 1.29 is 4.52 Å². The van der Waals surface area contributed by atoms with E-state index in [-0.39, 0.29) is 24.0 Å². The Balaban J connectivity index is 0.00000324. The number of aliphatic imine (C=N–C) groups is 1. The maximum absolute atomic E-state index is 5.19. The first kappa shape index (κ1) is 18.2. The lowest BCUT2D eigenvalue weighted by Gasteiger charge is -2.15. The van der Waals surface area contributed by atoms with Crippen LogP contribution in [0.1, 0.15) is 43.2 Å². The van der Waals surface area contributed by atoms with Crippen molar-refractivity contribution >= 4 is 29.9 Å². The molecule has 0 aliphatic rings. The van der Waals surface area contributed by atoms with E-state index in [9.17, 15) is 0 Å². The standard InChI is InChI=1S/C13H24N4O.HI/c1-6-7-15-13(14-5)16-8-9(2)12-10(3)17-18-11(12)4;/h9H,6-8H2,1-5H3,(H2,14,15,16);1H. The molecule has 19 heavy (non-hydrogen) atoms. The van der Waals surface area contributed by atoms with E-state index in [0.29, 0.717) is 5.92 Å². The van der Waals surface area contributed by atoms with E-state index in [1.165, 1.54) is 5.56 Å². The quantitative estimate of drug-likeness (QED) is 0.468. The smallest absolute Gasteiger partial charge is 0.190 e. The van der Waals surface area contributed by atoms with E-state index >= 15 is 0 Å². The van der Waals surface area contributed by atoms with Crippen molar-refractivity contribution in [2.24, 2.45) is 4.99 Å². The van der Waals surface area contributed by atoms with Crippen molar-refractivity contribution in [3.05, 3.63) is 17.0 Å². The van der Waals surface area contributed by atoms with E-state index in [2.05, 4.69) is 34.6 Å². The number of aromatic nitrogens is 1. The van der Waals surface area contributed by atoms with Crippen molar-refractivity contribution in [3.63, 3.8) is 0 Å². The minimum absolute atomic E-state index is 0. The molecular formula is C13H25IN4O. The van der Waals surface area contributed by atoms with Gasteiger partial charge in [-0.05, 0) is 20.3 Å². The van der Waals surface area contributed by atoms with E-state index in [1.807, 2.05) is 13.8 Å². The fourth-order valence-electron chi connectivity index (χ4n) is 2.01. The lowest BCUT2D eigenvalue weighted by molar-refractivity contribution is 0.391. The second-order valence-electron chi connectivity index (χ2n) is 4.52. The molecule has 0 aromatic carbocycles. The Kier molecular flexibility index (Phi) is 8.79. The number of aryl methyl sites for hydroxylation is 2. The highest BCUT2D eigenvalue weighted by atomic mass is 127. The Morgan fingerprint density at radius 1 is 1.37 bits per heavy atom. The number of halogens is 1. The summed E-state index contributed by atoms with van der Waals surface area (Å²) in [4.78, 5) is 4.18. The molecule has 1 aromatic rings. The third-order valence-corrected chi connectivity index (χ3v) is 2.92. The molecule has 0 saturated heterocycles. The summed E-state index contributed by atoms with van der Waals surface area (Å²) in [6.45, 7) is 9.97. The van der Waals surface area contributed by atoms with E-state index < -0.39 is 0 Å². The van der Waals surface area contributed by atoms with E-state index in [4.69, 9.17) is 4.52 Å². The predicted molar refractivity (Wildman–Crippen MR) is 89.5 cm³/mol. The van der Waals surface area contributed by atoms with Crippen LogP contribution in [0.15, 0.2) is 9.52 Å². The van der Waals surface area contributed by atoms with Gasteiger partial charge < -0.3 is 15.2 Å². The van der Waals surface area contributed by atoms with Crippen LogP contribution in [0.4, 0.5) is 0 Å². The molecule has 1 unspecified atom stereocenters. The maximum atomic E-state index is 5.19. The topological polar surface area (TPSA) is 62.5 Å². The van der Waals surface area contributed by atoms with Crippen LogP contribution in [0.25, 0.3) is 0 Å². The van der Waals surface area contributed by atoms with Crippen LogP contribution < -0.4 is 10.6 Å². The van der Waals surface area contributed by atoms with Crippen LogP contribution >= 0.6 is 24.0 Å². The zero-order valence-corrected chi connectivity index (χ0v) is 14.7. The summed E-state index contributed by atoms with van der Waals surface area (Å²) < 4.78 is 5.19. The van der Waals surface area contributed by atoms with Crippen molar-refractivity contribution in [2.75, 3.05) is 20.1 Å². The summed E-state index contributed by atoms with van der Waals surface area (Å²) in [6, 6.07) is 0. The molecule has 5 nitrogen and oxygen atoms in total. The Morgan fingerprint density at radius 3 is 2.53 bits per heavy atom. The summed E-state index contributed by atoms with van der Waals surface area (Å²) in [5, 5.41) is 10.6. The predicted octanol–water partition coefficient (Wildman–Crippen LogP) is 2.59. The third kappa shape index (κ3) is 5.38. The minimum atomic E-state index is 0. The van der Waals surface area contributed by atoms with Crippen molar-refractivity contribution in [3.8, 4) is 0 Å². The monoisotopic (exact) mass is 380 g/mol. The van der Waals surface area contributed by atoms with Gasteiger partial charge in [0.2, 0.25) is 0 Å². The molecule has 0 fully saturated rings. The number of guanidine groups is 1. The lowest BCUT2D eigenvalue weighted by Crippen LogP contribution is -2.39. The molecule has 1 heterocycles. The van der Waals surface area contributed by atoms with Gasteiger partial charge in [0.1, 0.15) is 5.76 Å². The number of nitrogens with one attached hydrogen (secondary N) is 2. The zero-order chi connectivity index (χ0) is 13.5. The van der Waals surface area contributed by atoms with Gasteiger partial charge in [-0.1, -0.05) is 19.0 Å². The highest BCUT2D eigenvalue weighted by molar-refractivity contribution is 14.0. The van der Waals surface area contributed by atoms with Gasteiger partial charge in [0.05, 0.1) is 5.69 Å². The summed E-state index contributed by atoms with van der Waals surface area (Å²) in [6.07, 6.45) is 1.08. The lowest BCUT2D eigenvalue weighted by atomic mass is 10.00. The molecule has 0 aliphatic heterocycles. The van der Waals surface area contributed by atoms with Gasteiger partial charge in [-0.15, -0.1) is 24.0 Å². The van der Waals surface area contributed by atoms with Crippen LogP contribution in [-0.4, -0.2) is 31.3 Å². The Hall–Kier alpha value is -0.790. The van der Waals surface area contributed by atoms with Gasteiger partial charge in [0, 0.05) is 31.6 Å². The van der Waals surface area contributed by atoms with Gasteiger partial charge in [0.15, 0.2) is 5.96 Å². The Morgan fingerprint density at radius 2 is 2.05 bits per heavy atom. The number of hydrogen-bond acceptors (Lipinski definition) is 3. The molecule has 2 N–H and O–H groups in total. The van der Waals surface area contributed by atoms with Crippen LogP contribution in [0.3, 0.4) is 0 Å². The molecule has 1 rings (SSSR count). The average Bonchev–Trinajstić information content (AvgIpc) is 2.69. The summed E-state index contributed by atoms with van der Waals surface area (Å²) >= 11 is 0. The van der Waals surface area contributed by atoms with Crippen molar-refractivity contribution in [2.45, 2.75) is 40.0 Å². The van der Waals surface area contributed by atoms with Gasteiger partial charge in [-0.3, -0.25) is 4.99 Å². The maximum Gasteiger partial charge on any atom is 0.190 e. The molecular weight excluding hydrogens is 355 g/mol. The molecule has 0 saturated carbocycles. The van der Waals surface area contributed by atoms with Crippen LogP contribution in [0, 0.1) is 13.8 Å². The van der Waals surface area contributed by atoms with Crippen LogP contribution in [0.5, 0.6) is 0 Å². The second-order valence-corrected chi connectivity index (χ2v) is 4.52. The fraction of sp³-hybridized carbons (Fsp3) is 0.692. The highest BCUT2D eigenvalue weighted by Gasteiger charge is 2.16. The minimum Gasteiger partial charge on any atom is -0.361 e. The SMILES string of the molecule is CCCNC(=NC)NCC(C)c1c(C)noc1C.I. The van der Waals surface area contributed by atoms with Crippen molar-refractivity contribution in [1.82, 2.24) is 15.8 Å². The van der Waals surface area contributed by atoms with Crippen molar-refractivity contribution in [1.29, 1.82) is 0 Å². The van der Waals surface area contributed by atoms with Gasteiger partial charge in [-0.2, -0.15) is 0 Å². The average molecular weight is 380 g/mol. The Bertz CT molecular complexity index is 384. The highest BCUT2D eigenvalue weighted by Crippen LogP contribution is 2.22. The first-order chi connectivity index (χ1) is 8.60. The molecule has 6 heteroatoms. The summed E-state index contributed by atoms with van der Waals surface area (Å²) in [5.74, 6) is 2.09. The molecule has 0 aliphatic carbocycles. The zero-order valence-electron chi connectivity index (χ0n) is 12.4. The number of hydrogen-bond donors (Lipinski definition) is 2. The molecule has 1 aromatic heterocycles. The second kappa shape index (κ2) is 9.17. The van der Waals surface area contributed by atoms with Gasteiger partial charge in [-0.25, -0.2) is 0 Å². The first-order valence-electron chi connectivity index (χ1n) is 6.47. The van der Waals surface area contributed by atoms with Gasteiger partial charge >= 0.3 is 0 Å². The normalized spacial score (nSPS) is 12.8. The molecule has 1 atom stereocenters. The summed E-state index contributed by atoms with van der Waals surface area (Å²) in [7, 11) is 1.78. The molecule has 110 valence electrons. The number of nitrogens with zero attached hydrogens (tertiary/aromatic N) is 2. The van der Waals surface area contributed by atoms with E-state index in [0.717, 1.165) is 36.9 Å². The number of rotatable bonds is 5. The third-order valence-electron chi connectivity index (χ3n) is 2.92. The molecule has 0 spiro atoms. The molecule has 0 radical (unpaired) electrons. The summed E-state index contributed by atoms with van der Waals surface area (Å²) in [5.41, 5.74) is 2.16. The molecule has 0 amide bonds. The van der Waals surface area contributed by atoms with Gasteiger partial charge in [0.25, 0.3) is 0 Å². The van der Waals surface area contributed by atoms with Crippen LogP contribution in [0.2, 0.25) is 0 Å².